The highest BCUT2D eigenvalue weighted by Crippen LogP contribution is 2.14. The molecule has 5 nitrogen and oxygen atoms in total. The molecule has 0 spiro atoms. The molecule has 1 aromatic carbocycles. The van der Waals surface area contributed by atoms with Crippen LogP contribution >= 0.6 is 15.9 Å². The molecule has 6 heteroatoms. The maximum atomic E-state index is 11.8. The Labute approximate surface area is 131 Å². The Balaban J connectivity index is 2.01. The number of nitrogens with one attached hydrogen (secondary N) is 1. The van der Waals surface area contributed by atoms with Crippen LogP contribution in [-0.2, 0) is 0 Å². The summed E-state index contributed by atoms with van der Waals surface area (Å²) in [7, 11) is 0. The van der Waals surface area contributed by atoms with Crippen LogP contribution in [0.4, 0.5) is 0 Å². The molecule has 2 aromatic rings. The number of ether oxygens (including phenoxy) is 1. The molecule has 1 aromatic heterocycles. The Bertz CT molecular complexity index is 647. The maximum Gasteiger partial charge on any atom is 0.307 e. The van der Waals surface area contributed by atoms with Crippen LogP contribution in [0.1, 0.15) is 30.0 Å². The van der Waals surface area contributed by atoms with E-state index >= 15 is 0 Å². The standard InChI is InChI=1S/C15H15BrN2O3/c1-3-20-12-6-4-11(5-7-12)10(2)17-18-15(19)13-8-9-14(16)21-13/h4-9H,3H2,1-2H3,(H,18,19). The monoisotopic (exact) mass is 350 g/mol. The van der Waals surface area contributed by atoms with Gasteiger partial charge in [0.05, 0.1) is 12.3 Å². The lowest BCUT2D eigenvalue weighted by atomic mass is 10.1. The lowest BCUT2D eigenvalue weighted by Gasteiger charge is -2.05. The number of carbonyl (C=O) groups excluding carboxylic acids is 1. The van der Waals surface area contributed by atoms with Gasteiger partial charge in [-0.1, -0.05) is 0 Å². The molecule has 21 heavy (non-hydrogen) atoms. The van der Waals surface area contributed by atoms with Gasteiger partial charge in [-0.2, -0.15) is 5.10 Å². The number of hydrogen-bond donors (Lipinski definition) is 1. The summed E-state index contributed by atoms with van der Waals surface area (Å²) >= 11 is 3.14. The van der Waals surface area contributed by atoms with E-state index in [4.69, 9.17) is 9.15 Å². The zero-order chi connectivity index (χ0) is 15.2. The Morgan fingerprint density at radius 3 is 2.57 bits per heavy atom. The average molecular weight is 351 g/mol. The largest absolute Gasteiger partial charge is 0.494 e. The normalized spacial score (nSPS) is 11.3. The second-order valence-electron chi connectivity index (χ2n) is 4.20. The quantitative estimate of drug-likeness (QED) is 0.661. The lowest BCUT2D eigenvalue weighted by molar-refractivity contribution is 0.0926. The van der Waals surface area contributed by atoms with Gasteiger partial charge in [0, 0.05) is 0 Å². The van der Waals surface area contributed by atoms with Gasteiger partial charge in [-0.3, -0.25) is 4.79 Å². The van der Waals surface area contributed by atoms with Crippen LogP contribution < -0.4 is 10.2 Å². The highest BCUT2D eigenvalue weighted by atomic mass is 79.9. The van der Waals surface area contributed by atoms with E-state index in [-0.39, 0.29) is 5.76 Å². The van der Waals surface area contributed by atoms with Gasteiger partial charge >= 0.3 is 5.91 Å². The van der Waals surface area contributed by atoms with E-state index in [0.29, 0.717) is 17.0 Å². The van der Waals surface area contributed by atoms with E-state index in [2.05, 4.69) is 26.5 Å². The summed E-state index contributed by atoms with van der Waals surface area (Å²) in [5, 5.41) is 4.06. The number of benzene rings is 1. The molecule has 0 bridgehead atoms. The highest BCUT2D eigenvalue weighted by Gasteiger charge is 2.09. The maximum absolute atomic E-state index is 11.8. The van der Waals surface area contributed by atoms with Crippen molar-refractivity contribution in [2.24, 2.45) is 5.10 Å². The average Bonchev–Trinajstić information content (AvgIpc) is 2.92. The Hall–Kier alpha value is -2.08. The number of amides is 1. The van der Waals surface area contributed by atoms with E-state index in [1.807, 2.05) is 38.1 Å². The number of hydrogen-bond acceptors (Lipinski definition) is 4. The van der Waals surface area contributed by atoms with Gasteiger partial charge in [0.25, 0.3) is 0 Å². The summed E-state index contributed by atoms with van der Waals surface area (Å²) in [6.07, 6.45) is 0. The molecule has 0 fully saturated rings. The second-order valence-corrected chi connectivity index (χ2v) is 4.98. The van der Waals surface area contributed by atoms with Crippen molar-refractivity contribution in [2.45, 2.75) is 13.8 Å². The third kappa shape index (κ3) is 4.19. The first kappa shape index (κ1) is 15.3. The Kier molecular flexibility index (Phi) is 5.16. The molecule has 0 aliphatic rings. The van der Waals surface area contributed by atoms with Crippen LogP contribution in [0.15, 0.2) is 50.6 Å². The van der Waals surface area contributed by atoms with E-state index < -0.39 is 5.91 Å². The molecule has 0 aliphatic carbocycles. The van der Waals surface area contributed by atoms with E-state index in [1.54, 1.807) is 12.1 Å². The van der Waals surface area contributed by atoms with Crippen LogP contribution in [0.5, 0.6) is 5.75 Å². The molecule has 0 radical (unpaired) electrons. The lowest BCUT2D eigenvalue weighted by Crippen LogP contribution is -2.18. The van der Waals surface area contributed by atoms with Gasteiger partial charge in [-0.25, -0.2) is 5.43 Å². The van der Waals surface area contributed by atoms with E-state index in [0.717, 1.165) is 11.3 Å². The fraction of sp³-hybridized carbons (Fsp3) is 0.200. The number of carbonyl (C=O) groups is 1. The van der Waals surface area contributed by atoms with Gasteiger partial charge in [-0.15, -0.1) is 0 Å². The minimum Gasteiger partial charge on any atom is -0.494 e. The SMILES string of the molecule is CCOc1ccc(C(C)=NNC(=O)c2ccc(Br)o2)cc1. The third-order valence-corrected chi connectivity index (χ3v) is 3.13. The van der Waals surface area contributed by atoms with Crippen LogP contribution in [0.25, 0.3) is 0 Å². The van der Waals surface area contributed by atoms with Crippen molar-refractivity contribution in [2.75, 3.05) is 6.61 Å². The van der Waals surface area contributed by atoms with Crippen molar-refractivity contribution in [1.82, 2.24) is 5.43 Å². The summed E-state index contributed by atoms with van der Waals surface area (Å²) in [6, 6.07) is 10.7. The summed E-state index contributed by atoms with van der Waals surface area (Å²) < 4.78 is 11.0. The molecule has 0 atom stereocenters. The first-order valence-corrected chi connectivity index (χ1v) is 7.22. The molecule has 1 amide bonds. The molecule has 110 valence electrons. The number of nitrogens with zero attached hydrogens (tertiary/aromatic N) is 1. The summed E-state index contributed by atoms with van der Waals surface area (Å²) in [6.45, 7) is 4.37. The molecule has 0 aliphatic heterocycles. The summed E-state index contributed by atoms with van der Waals surface area (Å²) in [5.41, 5.74) is 4.05. The highest BCUT2D eigenvalue weighted by molar-refractivity contribution is 9.10. The molecule has 0 saturated carbocycles. The van der Waals surface area contributed by atoms with Crippen molar-refractivity contribution in [3.63, 3.8) is 0 Å². The van der Waals surface area contributed by atoms with E-state index in [9.17, 15) is 4.79 Å². The first-order chi connectivity index (χ1) is 10.1. The van der Waals surface area contributed by atoms with Crippen molar-refractivity contribution < 1.29 is 13.9 Å². The van der Waals surface area contributed by atoms with Crippen molar-refractivity contribution >= 4 is 27.5 Å². The number of halogens is 1. The minimum atomic E-state index is -0.397. The fourth-order valence-corrected chi connectivity index (χ4v) is 1.96. The van der Waals surface area contributed by atoms with Crippen LogP contribution in [-0.4, -0.2) is 18.2 Å². The fourth-order valence-electron chi connectivity index (χ4n) is 1.65. The zero-order valence-corrected chi connectivity index (χ0v) is 13.3. The van der Waals surface area contributed by atoms with E-state index in [1.165, 1.54) is 0 Å². The predicted octanol–water partition coefficient (Wildman–Crippen LogP) is 3.59. The van der Waals surface area contributed by atoms with Crippen molar-refractivity contribution in [1.29, 1.82) is 0 Å². The van der Waals surface area contributed by atoms with Crippen LogP contribution in [0.3, 0.4) is 0 Å². The molecule has 0 saturated heterocycles. The zero-order valence-electron chi connectivity index (χ0n) is 11.7. The first-order valence-electron chi connectivity index (χ1n) is 6.43. The molecule has 0 unspecified atom stereocenters. The Morgan fingerprint density at radius 2 is 2.00 bits per heavy atom. The number of rotatable bonds is 5. The third-order valence-electron chi connectivity index (χ3n) is 2.71. The van der Waals surface area contributed by atoms with Crippen LogP contribution in [0, 0.1) is 0 Å². The molecule has 2 rings (SSSR count). The van der Waals surface area contributed by atoms with Crippen molar-refractivity contribution in [3.05, 3.63) is 52.4 Å². The van der Waals surface area contributed by atoms with Gasteiger partial charge < -0.3 is 9.15 Å². The predicted molar refractivity (Wildman–Crippen MR) is 83.7 cm³/mol. The summed E-state index contributed by atoms with van der Waals surface area (Å²) in [4.78, 5) is 11.8. The molecular formula is C15H15BrN2O3. The number of hydrazone groups is 1. The second kappa shape index (κ2) is 7.08. The van der Waals surface area contributed by atoms with Gasteiger partial charge in [-0.05, 0) is 71.7 Å². The molecule has 1 heterocycles. The van der Waals surface area contributed by atoms with Gasteiger partial charge in [0.2, 0.25) is 0 Å². The minimum absolute atomic E-state index is 0.199. The van der Waals surface area contributed by atoms with Crippen molar-refractivity contribution in [3.8, 4) is 5.75 Å². The Morgan fingerprint density at radius 1 is 1.29 bits per heavy atom. The number of furan rings is 1. The topological polar surface area (TPSA) is 63.8 Å². The molecular weight excluding hydrogens is 336 g/mol. The summed E-state index contributed by atoms with van der Waals surface area (Å²) in [5.74, 6) is 0.606. The van der Waals surface area contributed by atoms with Gasteiger partial charge in [0.1, 0.15) is 5.75 Å². The van der Waals surface area contributed by atoms with Crippen LogP contribution in [0.2, 0.25) is 0 Å². The molecule has 1 N–H and O–H groups in total. The van der Waals surface area contributed by atoms with Gasteiger partial charge in [0.15, 0.2) is 10.4 Å². The smallest absolute Gasteiger partial charge is 0.307 e.